The lowest BCUT2D eigenvalue weighted by Gasteiger charge is -2.28. The second-order valence-electron chi connectivity index (χ2n) is 8.72. The number of nitrogens with zero attached hydrogens (tertiary/aromatic N) is 4. The third-order valence-corrected chi connectivity index (χ3v) is 5.79. The average molecular weight is 460 g/mol. The summed E-state index contributed by atoms with van der Waals surface area (Å²) >= 11 is 0. The minimum absolute atomic E-state index is 0.272. The van der Waals surface area contributed by atoms with Crippen LogP contribution in [0.15, 0.2) is 48.9 Å². The molecular formula is C26H26FN5O2. The zero-order valence-electron chi connectivity index (χ0n) is 19.4. The molecule has 2 aromatic heterocycles. The van der Waals surface area contributed by atoms with Gasteiger partial charge in [0.05, 0.1) is 24.3 Å². The van der Waals surface area contributed by atoms with Gasteiger partial charge in [0.2, 0.25) is 0 Å². The van der Waals surface area contributed by atoms with Crippen molar-refractivity contribution in [1.29, 1.82) is 5.26 Å². The normalized spacial score (nSPS) is 13.9. The number of alkyl halides is 1. The van der Waals surface area contributed by atoms with E-state index in [9.17, 15) is 14.4 Å². The number of hydrogen-bond donors (Lipinski definition) is 1. The monoisotopic (exact) mass is 459 g/mol. The Kier molecular flexibility index (Phi) is 6.57. The molecule has 3 aromatic rings. The van der Waals surface area contributed by atoms with Gasteiger partial charge in [0.1, 0.15) is 17.6 Å². The number of anilines is 2. The first-order chi connectivity index (χ1) is 16.3. The lowest BCUT2D eigenvalue weighted by Crippen LogP contribution is -2.37. The Bertz CT molecular complexity index is 1260. The first-order valence-electron chi connectivity index (χ1n) is 11.1. The van der Waals surface area contributed by atoms with Crippen LogP contribution in [0.2, 0.25) is 0 Å². The molecule has 8 heteroatoms. The van der Waals surface area contributed by atoms with Crippen molar-refractivity contribution in [1.82, 2.24) is 9.97 Å². The van der Waals surface area contributed by atoms with E-state index in [2.05, 4.69) is 26.3 Å². The van der Waals surface area contributed by atoms with E-state index in [0.29, 0.717) is 48.9 Å². The van der Waals surface area contributed by atoms with Gasteiger partial charge in [0.25, 0.3) is 5.91 Å². The van der Waals surface area contributed by atoms with Crippen LogP contribution in [0.5, 0.6) is 0 Å². The molecular weight excluding hydrogens is 433 g/mol. The number of nitriles is 1. The van der Waals surface area contributed by atoms with Crippen molar-refractivity contribution in [2.45, 2.75) is 26.4 Å². The molecule has 174 valence electrons. The predicted octanol–water partition coefficient (Wildman–Crippen LogP) is 4.62. The highest BCUT2D eigenvalue weighted by Gasteiger charge is 2.21. The van der Waals surface area contributed by atoms with Gasteiger partial charge in [-0.2, -0.15) is 5.26 Å². The number of hydrogen-bond acceptors (Lipinski definition) is 6. The number of morpholine rings is 1. The van der Waals surface area contributed by atoms with Crippen LogP contribution in [-0.2, 0) is 10.4 Å². The maximum absolute atomic E-state index is 14.3. The fourth-order valence-corrected chi connectivity index (χ4v) is 3.82. The number of aromatic nitrogens is 2. The summed E-state index contributed by atoms with van der Waals surface area (Å²) in [6.07, 6.45) is 4.57. The first kappa shape index (κ1) is 23.3. The van der Waals surface area contributed by atoms with Crippen LogP contribution in [0, 0.1) is 18.3 Å². The van der Waals surface area contributed by atoms with E-state index in [0.717, 1.165) is 16.7 Å². The van der Waals surface area contributed by atoms with Gasteiger partial charge in [-0.3, -0.25) is 9.78 Å². The zero-order valence-corrected chi connectivity index (χ0v) is 19.4. The fraction of sp³-hybridized carbons (Fsp3) is 0.308. The number of aryl methyl sites for hydroxylation is 1. The Morgan fingerprint density at radius 3 is 2.65 bits per heavy atom. The quantitative estimate of drug-likeness (QED) is 0.599. The molecule has 0 aliphatic carbocycles. The molecule has 3 heterocycles. The molecule has 1 fully saturated rings. The number of benzene rings is 1. The molecule has 1 aromatic carbocycles. The van der Waals surface area contributed by atoms with Crippen molar-refractivity contribution in [2.75, 3.05) is 36.5 Å². The van der Waals surface area contributed by atoms with Gasteiger partial charge >= 0.3 is 0 Å². The van der Waals surface area contributed by atoms with Crippen molar-refractivity contribution >= 4 is 17.4 Å². The van der Waals surface area contributed by atoms with Gasteiger partial charge in [-0.1, -0.05) is 6.07 Å². The van der Waals surface area contributed by atoms with E-state index >= 15 is 0 Å². The lowest BCUT2D eigenvalue weighted by atomic mass is 9.99. The van der Waals surface area contributed by atoms with Gasteiger partial charge in [0, 0.05) is 48.5 Å². The Labute approximate surface area is 198 Å². The van der Waals surface area contributed by atoms with E-state index in [4.69, 9.17) is 4.74 Å². The third kappa shape index (κ3) is 5.05. The van der Waals surface area contributed by atoms with Crippen molar-refractivity contribution < 1.29 is 13.9 Å². The van der Waals surface area contributed by atoms with Crippen LogP contribution in [0.3, 0.4) is 0 Å². The number of carbonyl (C=O) groups excluding carboxylic acids is 1. The van der Waals surface area contributed by atoms with Gasteiger partial charge < -0.3 is 15.0 Å². The number of nitrogens with one attached hydrogen (secondary N) is 1. The number of ether oxygens (including phenoxy) is 1. The lowest BCUT2D eigenvalue weighted by molar-refractivity contribution is 0.102. The predicted molar refractivity (Wildman–Crippen MR) is 128 cm³/mol. The smallest absolute Gasteiger partial charge is 0.257 e. The van der Waals surface area contributed by atoms with Crippen LogP contribution in [-0.4, -0.2) is 42.2 Å². The average Bonchev–Trinajstić information content (AvgIpc) is 2.85. The van der Waals surface area contributed by atoms with E-state index < -0.39 is 5.67 Å². The van der Waals surface area contributed by atoms with E-state index in [1.165, 1.54) is 32.3 Å². The number of rotatable bonds is 5. The van der Waals surface area contributed by atoms with Gasteiger partial charge in [-0.15, -0.1) is 0 Å². The van der Waals surface area contributed by atoms with Crippen LogP contribution >= 0.6 is 0 Å². The largest absolute Gasteiger partial charge is 0.378 e. The molecule has 1 saturated heterocycles. The number of pyridine rings is 2. The van der Waals surface area contributed by atoms with Gasteiger partial charge in [-0.05, 0) is 56.2 Å². The summed E-state index contributed by atoms with van der Waals surface area (Å²) < 4.78 is 19.7. The summed E-state index contributed by atoms with van der Waals surface area (Å²) in [4.78, 5) is 23.4. The molecule has 1 N–H and O–H groups in total. The Morgan fingerprint density at radius 2 is 1.94 bits per heavy atom. The highest BCUT2D eigenvalue weighted by Crippen LogP contribution is 2.30. The Hall–Kier alpha value is -3.83. The first-order valence-corrected chi connectivity index (χ1v) is 11.1. The SMILES string of the molecule is Cc1ccc(NC(=O)c2cncc(C(C)(C)F)c2)cc1-c1cnc(N2CCOCC2)c(C#N)c1. The second kappa shape index (κ2) is 9.57. The summed E-state index contributed by atoms with van der Waals surface area (Å²) in [5, 5.41) is 12.6. The summed E-state index contributed by atoms with van der Waals surface area (Å²) in [6.45, 7) is 7.40. The Balaban J connectivity index is 1.60. The molecule has 0 atom stereocenters. The van der Waals surface area contributed by atoms with Crippen LogP contribution in [0.4, 0.5) is 15.9 Å². The van der Waals surface area contributed by atoms with E-state index in [1.807, 2.05) is 25.1 Å². The summed E-state index contributed by atoms with van der Waals surface area (Å²) in [7, 11) is 0. The molecule has 0 spiro atoms. The van der Waals surface area contributed by atoms with Crippen molar-refractivity contribution in [3.63, 3.8) is 0 Å². The minimum Gasteiger partial charge on any atom is -0.378 e. The molecule has 0 saturated carbocycles. The highest BCUT2D eigenvalue weighted by molar-refractivity contribution is 6.04. The fourth-order valence-electron chi connectivity index (χ4n) is 3.82. The standard InChI is InChI=1S/C26H26FN5O2/c1-17-4-5-22(31-25(33)20-11-21(16-29-14-20)26(2,3)27)12-23(17)19-10-18(13-28)24(30-15-19)32-6-8-34-9-7-32/h4-5,10-12,14-16H,6-9H2,1-3H3,(H,31,33). The molecule has 0 radical (unpaired) electrons. The molecule has 1 aliphatic heterocycles. The maximum atomic E-state index is 14.3. The molecule has 4 rings (SSSR count). The minimum atomic E-state index is -1.60. The summed E-state index contributed by atoms with van der Waals surface area (Å²) in [5.41, 5.74) is 2.69. The van der Waals surface area contributed by atoms with Crippen LogP contribution in [0.1, 0.15) is 40.9 Å². The molecule has 7 nitrogen and oxygen atoms in total. The number of carbonyl (C=O) groups is 1. The molecule has 0 unspecified atom stereocenters. The summed E-state index contributed by atoms with van der Waals surface area (Å²) in [6, 6.07) is 11.1. The molecule has 1 amide bonds. The topological polar surface area (TPSA) is 91.1 Å². The van der Waals surface area contributed by atoms with Crippen LogP contribution < -0.4 is 10.2 Å². The number of halogens is 1. The van der Waals surface area contributed by atoms with Gasteiger partial charge in [-0.25, -0.2) is 9.37 Å². The van der Waals surface area contributed by atoms with E-state index in [-0.39, 0.29) is 11.5 Å². The zero-order chi connectivity index (χ0) is 24.3. The van der Waals surface area contributed by atoms with Crippen molar-refractivity contribution in [2.24, 2.45) is 0 Å². The van der Waals surface area contributed by atoms with Crippen molar-refractivity contribution in [3.8, 4) is 17.2 Å². The van der Waals surface area contributed by atoms with Crippen molar-refractivity contribution in [3.05, 3.63) is 71.2 Å². The number of amides is 1. The molecule has 0 bridgehead atoms. The highest BCUT2D eigenvalue weighted by atomic mass is 19.1. The maximum Gasteiger partial charge on any atom is 0.257 e. The van der Waals surface area contributed by atoms with Gasteiger partial charge in [0.15, 0.2) is 0 Å². The third-order valence-electron chi connectivity index (χ3n) is 5.79. The molecule has 34 heavy (non-hydrogen) atoms. The van der Waals surface area contributed by atoms with Crippen LogP contribution in [0.25, 0.3) is 11.1 Å². The Morgan fingerprint density at radius 1 is 1.18 bits per heavy atom. The second-order valence-corrected chi connectivity index (χ2v) is 8.72. The molecule has 1 aliphatic rings. The van der Waals surface area contributed by atoms with E-state index in [1.54, 1.807) is 12.3 Å². The summed E-state index contributed by atoms with van der Waals surface area (Å²) in [5.74, 6) is 0.270.